The van der Waals surface area contributed by atoms with Gasteiger partial charge in [-0.15, -0.1) is 0 Å². The lowest BCUT2D eigenvalue weighted by molar-refractivity contribution is -0.0753. The average molecular weight is 345 g/mol. The van der Waals surface area contributed by atoms with E-state index >= 15 is 0 Å². The molecule has 0 aliphatic carbocycles. The van der Waals surface area contributed by atoms with Gasteiger partial charge in [-0.05, 0) is 61.8 Å². The third-order valence-corrected chi connectivity index (χ3v) is 4.67. The van der Waals surface area contributed by atoms with E-state index in [0.717, 1.165) is 12.1 Å². The molecule has 0 amide bonds. The molecule has 1 aromatic carbocycles. The first-order valence-corrected chi connectivity index (χ1v) is 7.54. The maximum absolute atomic E-state index is 13.3. The molecule has 1 aliphatic heterocycles. The number of anilines is 1. The van der Waals surface area contributed by atoms with Crippen LogP contribution in [0.15, 0.2) is 22.7 Å². The van der Waals surface area contributed by atoms with Gasteiger partial charge in [-0.1, -0.05) is 0 Å². The van der Waals surface area contributed by atoms with E-state index in [-0.39, 0.29) is 17.0 Å². The van der Waals surface area contributed by atoms with Gasteiger partial charge in [-0.3, -0.25) is 0 Å². The van der Waals surface area contributed by atoms with Crippen LogP contribution in [0, 0.1) is 5.82 Å². The summed E-state index contributed by atoms with van der Waals surface area (Å²) in [5.74, 6) is -0.278. The van der Waals surface area contributed by atoms with Crippen molar-refractivity contribution in [3.05, 3.63) is 28.5 Å². The Morgan fingerprint density at radius 1 is 1.35 bits per heavy atom. The van der Waals surface area contributed by atoms with Gasteiger partial charge in [0.15, 0.2) is 0 Å². The Labute approximate surface area is 128 Å². The molecule has 1 saturated heterocycles. The SMILES string of the molecule is CC1(C)CC(CN)(Nc2ccc(F)c(Br)c2)C(C)(C)O1. The second-order valence-electron chi connectivity index (χ2n) is 6.59. The van der Waals surface area contributed by atoms with E-state index in [1.54, 1.807) is 12.1 Å². The summed E-state index contributed by atoms with van der Waals surface area (Å²) in [6.45, 7) is 8.65. The molecule has 112 valence electrons. The minimum atomic E-state index is -0.411. The topological polar surface area (TPSA) is 47.3 Å². The minimum absolute atomic E-state index is 0.243. The highest BCUT2D eigenvalue weighted by Gasteiger charge is 2.56. The molecule has 5 heteroatoms. The zero-order valence-corrected chi connectivity index (χ0v) is 14.0. The summed E-state index contributed by atoms with van der Waals surface area (Å²) in [7, 11) is 0. The fraction of sp³-hybridized carbons (Fsp3) is 0.600. The molecule has 0 bridgehead atoms. The number of nitrogens with one attached hydrogen (secondary N) is 1. The van der Waals surface area contributed by atoms with Crippen LogP contribution in [0.25, 0.3) is 0 Å². The molecular formula is C15H22BrFN2O. The number of ether oxygens (including phenoxy) is 1. The van der Waals surface area contributed by atoms with Gasteiger partial charge in [-0.25, -0.2) is 4.39 Å². The second-order valence-corrected chi connectivity index (χ2v) is 7.44. The monoisotopic (exact) mass is 344 g/mol. The number of hydrogen-bond donors (Lipinski definition) is 2. The van der Waals surface area contributed by atoms with Gasteiger partial charge < -0.3 is 15.8 Å². The van der Waals surface area contributed by atoms with Crippen molar-refractivity contribution in [2.75, 3.05) is 11.9 Å². The lowest BCUT2D eigenvalue weighted by Crippen LogP contribution is -2.57. The van der Waals surface area contributed by atoms with Crippen LogP contribution in [0.2, 0.25) is 0 Å². The molecule has 0 radical (unpaired) electrons. The van der Waals surface area contributed by atoms with Gasteiger partial charge in [-0.2, -0.15) is 0 Å². The maximum Gasteiger partial charge on any atom is 0.137 e. The Kier molecular flexibility index (Phi) is 3.91. The first kappa shape index (κ1) is 15.7. The smallest absolute Gasteiger partial charge is 0.137 e. The van der Waals surface area contributed by atoms with Crippen molar-refractivity contribution in [3.63, 3.8) is 0 Å². The van der Waals surface area contributed by atoms with Gasteiger partial charge in [0, 0.05) is 18.7 Å². The lowest BCUT2D eigenvalue weighted by atomic mass is 9.78. The fourth-order valence-corrected chi connectivity index (χ4v) is 3.56. The van der Waals surface area contributed by atoms with Crippen molar-refractivity contribution in [2.24, 2.45) is 5.73 Å². The predicted molar refractivity (Wildman–Crippen MR) is 83.4 cm³/mol. The quantitative estimate of drug-likeness (QED) is 0.879. The number of hydrogen-bond acceptors (Lipinski definition) is 3. The third kappa shape index (κ3) is 2.71. The molecule has 1 aliphatic rings. The van der Waals surface area contributed by atoms with Gasteiger partial charge in [0.2, 0.25) is 0 Å². The molecule has 1 unspecified atom stereocenters. The Balaban J connectivity index is 2.35. The maximum atomic E-state index is 13.3. The van der Waals surface area contributed by atoms with Crippen LogP contribution in [-0.2, 0) is 4.74 Å². The zero-order chi connectivity index (χ0) is 15.2. The zero-order valence-electron chi connectivity index (χ0n) is 12.4. The number of nitrogens with two attached hydrogens (primary N) is 1. The molecule has 0 spiro atoms. The molecule has 20 heavy (non-hydrogen) atoms. The van der Waals surface area contributed by atoms with Crippen molar-refractivity contribution in [1.29, 1.82) is 0 Å². The molecule has 2 rings (SSSR count). The molecule has 1 heterocycles. The van der Waals surface area contributed by atoms with Crippen molar-refractivity contribution >= 4 is 21.6 Å². The number of rotatable bonds is 3. The van der Waals surface area contributed by atoms with Crippen LogP contribution < -0.4 is 11.1 Å². The molecular weight excluding hydrogens is 323 g/mol. The summed E-state index contributed by atoms with van der Waals surface area (Å²) in [5.41, 5.74) is 5.85. The van der Waals surface area contributed by atoms with Crippen LogP contribution in [0.5, 0.6) is 0 Å². The highest BCUT2D eigenvalue weighted by atomic mass is 79.9. The molecule has 3 nitrogen and oxygen atoms in total. The normalized spacial score (nSPS) is 27.6. The van der Waals surface area contributed by atoms with E-state index in [2.05, 4.69) is 35.1 Å². The largest absolute Gasteiger partial charge is 0.375 e. The molecule has 1 atom stereocenters. The Bertz CT molecular complexity index is 519. The summed E-state index contributed by atoms with van der Waals surface area (Å²) in [6.07, 6.45) is 0.790. The van der Waals surface area contributed by atoms with E-state index in [1.165, 1.54) is 6.07 Å². The summed E-state index contributed by atoms with van der Waals surface area (Å²) < 4.78 is 19.9. The van der Waals surface area contributed by atoms with Crippen LogP contribution in [0.3, 0.4) is 0 Å². The summed E-state index contributed by atoms with van der Waals surface area (Å²) in [6, 6.07) is 4.89. The molecule has 3 N–H and O–H groups in total. The lowest BCUT2D eigenvalue weighted by Gasteiger charge is -2.40. The molecule has 1 fully saturated rings. The summed E-state index contributed by atoms with van der Waals surface area (Å²) >= 11 is 3.21. The van der Waals surface area contributed by atoms with E-state index < -0.39 is 5.60 Å². The summed E-state index contributed by atoms with van der Waals surface area (Å²) in [4.78, 5) is 0. The minimum Gasteiger partial charge on any atom is -0.375 e. The molecule has 0 saturated carbocycles. The Hall–Kier alpha value is -0.650. The van der Waals surface area contributed by atoms with Crippen LogP contribution in [0.4, 0.5) is 10.1 Å². The fourth-order valence-electron chi connectivity index (χ4n) is 3.18. The van der Waals surface area contributed by atoms with Crippen LogP contribution in [-0.4, -0.2) is 23.3 Å². The van der Waals surface area contributed by atoms with Crippen LogP contribution in [0.1, 0.15) is 34.1 Å². The van der Waals surface area contributed by atoms with Crippen molar-refractivity contribution in [1.82, 2.24) is 0 Å². The second kappa shape index (κ2) is 4.97. The number of halogens is 2. The summed E-state index contributed by atoms with van der Waals surface area (Å²) in [5, 5.41) is 3.47. The van der Waals surface area contributed by atoms with Gasteiger partial charge >= 0.3 is 0 Å². The molecule has 0 aromatic heterocycles. The first-order chi connectivity index (χ1) is 9.11. The van der Waals surface area contributed by atoms with Gasteiger partial charge in [0.1, 0.15) is 5.82 Å². The van der Waals surface area contributed by atoms with Crippen molar-refractivity contribution < 1.29 is 9.13 Å². The predicted octanol–water partition coefficient (Wildman–Crippen LogP) is 3.68. The van der Waals surface area contributed by atoms with Crippen molar-refractivity contribution in [3.8, 4) is 0 Å². The number of benzene rings is 1. The van der Waals surface area contributed by atoms with Gasteiger partial charge in [0.25, 0.3) is 0 Å². The average Bonchev–Trinajstić information content (AvgIpc) is 2.49. The highest BCUT2D eigenvalue weighted by Crippen LogP contribution is 2.46. The molecule has 1 aromatic rings. The third-order valence-electron chi connectivity index (χ3n) is 4.06. The standard InChI is InChI=1S/C15H22BrFN2O/c1-13(2)8-15(9-18,14(3,4)20-13)19-10-5-6-12(17)11(16)7-10/h5-7,19H,8-9,18H2,1-4H3. The highest BCUT2D eigenvalue weighted by molar-refractivity contribution is 9.10. The Morgan fingerprint density at radius 3 is 2.45 bits per heavy atom. The van der Waals surface area contributed by atoms with E-state index in [1.807, 2.05) is 13.8 Å². The van der Waals surface area contributed by atoms with E-state index in [9.17, 15) is 4.39 Å². The van der Waals surface area contributed by atoms with Crippen LogP contribution >= 0.6 is 15.9 Å². The first-order valence-electron chi connectivity index (χ1n) is 6.74. The van der Waals surface area contributed by atoms with E-state index in [4.69, 9.17) is 10.5 Å². The van der Waals surface area contributed by atoms with Crippen molar-refractivity contribution in [2.45, 2.75) is 50.9 Å². The van der Waals surface area contributed by atoms with Gasteiger partial charge in [0.05, 0.1) is 21.2 Å². The van der Waals surface area contributed by atoms with E-state index in [0.29, 0.717) is 11.0 Å². The Morgan fingerprint density at radius 2 is 2.00 bits per heavy atom.